The van der Waals surface area contributed by atoms with E-state index in [0.717, 1.165) is 5.56 Å². The van der Waals surface area contributed by atoms with E-state index in [4.69, 9.17) is 5.11 Å². The number of benzene rings is 2. The first kappa shape index (κ1) is 17.5. The Morgan fingerprint density at radius 2 is 1.75 bits per heavy atom. The molecule has 4 heteroatoms. The maximum atomic E-state index is 12.0. The van der Waals surface area contributed by atoms with Crippen molar-refractivity contribution in [1.82, 2.24) is 0 Å². The third-order valence-electron chi connectivity index (χ3n) is 3.76. The molecule has 2 rings (SSSR count). The molecule has 0 saturated carbocycles. The van der Waals surface area contributed by atoms with E-state index in [2.05, 4.69) is 31.3 Å². The van der Waals surface area contributed by atoms with Crippen LogP contribution in [0.3, 0.4) is 0 Å². The van der Waals surface area contributed by atoms with Crippen molar-refractivity contribution in [3.05, 3.63) is 70.8 Å². The van der Waals surface area contributed by atoms with Gasteiger partial charge in [-0.25, -0.2) is 4.79 Å². The van der Waals surface area contributed by atoms with Crippen LogP contribution < -0.4 is 5.32 Å². The second kappa shape index (κ2) is 7.59. The van der Waals surface area contributed by atoms with Crippen LogP contribution in [0.4, 0.5) is 5.69 Å². The number of hydrogen-bond acceptors (Lipinski definition) is 2. The normalized spacial score (nSPS) is 11.0. The number of anilines is 1. The minimum absolute atomic E-state index is 0.200. The molecule has 0 aliphatic rings. The molecular weight excluding hydrogens is 302 g/mol. The van der Waals surface area contributed by atoms with E-state index in [0.29, 0.717) is 17.2 Å². The molecule has 0 saturated heterocycles. The van der Waals surface area contributed by atoms with Gasteiger partial charge in [0, 0.05) is 11.8 Å². The molecule has 0 fully saturated rings. The van der Waals surface area contributed by atoms with E-state index in [1.807, 2.05) is 12.1 Å². The SMILES string of the molecule is Cc1cc(C(=O)O)ccc1NC(=O)/C=C/c1ccc(C(C)C)cc1. The number of rotatable bonds is 5. The monoisotopic (exact) mass is 323 g/mol. The average Bonchev–Trinajstić information content (AvgIpc) is 2.55. The van der Waals surface area contributed by atoms with E-state index >= 15 is 0 Å². The summed E-state index contributed by atoms with van der Waals surface area (Å²) < 4.78 is 0. The average molecular weight is 323 g/mol. The number of aromatic carboxylic acids is 1. The van der Waals surface area contributed by atoms with Gasteiger partial charge in [-0.3, -0.25) is 4.79 Å². The maximum Gasteiger partial charge on any atom is 0.335 e. The number of nitrogens with one attached hydrogen (secondary N) is 1. The van der Waals surface area contributed by atoms with Crippen molar-refractivity contribution in [3.8, 4) is 0 Å². The number of aryl methyl sites for hydroxylation is 1. The summed E-state index contributed by atoms with van der Waals surface area (Å²) in [5.74, 6) is -0.766. The van der Waals surface area contributed by atoms with Crippen molar-refractivity contribution in [2.24, 2.45) is 0 Å². The summed E-state index contributed by atoms with van der Waals surface area (Å²) in [5, 5.41) is 11.7. The third kappa shape index (κ3) is 4.56. The van der Waals surface area contributed by atoms with Gasteiger partial charge in [0.05, 0.1) is 5.56 Å². The predicted molar refractivity (Wildman–Crippen MR) is 96.3 cm³/mol. The lowest BCUT2D eigenvalue weighted by atomic mass is 10.0. The molecule has 0 spiro atoms. The smallest absolute Gasteiger partial charge is 0.335 e. The Morgan fingerprint density at radius 3 is 2.29 bits per heavy atom. The van der Waals surface area contributed by atoms with Crippen molar-refractivity contribution in [2.75, 3.05) is 5.32 Å². The van der Waals surface area contributed by atoms with Gasteiger partial charge >= 0.3 is 5.97 Å². The van der Waals surface area contributed by atoms with Crippen LogP contribution >= 0.6 is 0 Å². The Kier molecular flexibility index (Phi) is 5.53. The minimum atomic E-state index is -0.985. The Hall–Kier alpha value is -2.88. The topological polar surface area (TPSA) is 66.4 Å². The van der Waals surface area contributed by atoms with Crippen LogP contribution in [-0.4, -0.2) is 17.0 Å². The molecule has 2 aromatic carbocycles. The molecular formula is C20H21NO3. The lowest BCUT2D eigenvalue weighted by Crippen LogP contribution is -2.09. The Morgan fingerprint density at radius 1 is 1.08 bits per heavy atom. The minimum Gasteiger partial charge on any atom is -0.478 e. The molecule has 124 valence electrons. The van der Waals surface area contributed by atoms with Crippen molar-refractivity contribution in [3.63, 3.8) is 0 Å². The fourth-order valence-corrected chi connectivity index (χ4v) is 2.28. The Labute approximate surface area is 141 Å². The highest BCUT2D eigenvalue weighted by Crippen LogP contribution is 2.17. The first-order valence-corrected chi connectivity index (χ1v) is 7.80. The standard InChI is InChI=1S/C20H21NO3/c1-13(2)16-7-4-15(5-8-16)6-11-19(22)21-18-10-9-17(20(23)24)12-14(18)3/h4-13H,1-3H3,(H,21,22)(H,23,24)/b11-6+. The zero-order valence-corrected chi connectivity index (χ0v) is 14.0. The molecule has 0 radical (unpaired) electrons. The summed E-state index contributed by atoms with van der Waals surface area (Å²) in [5.41, 5.74) is 3.72. The summed E-state index contributed by atoms with van der Waals surface area (Å²) in [6.07, 6.45) is 3.22. The maximum absolute atomic E-state index is 12.0. The lowest BCUT2D eigenvalue weighted by molar-refractivity contribution is -0.111. The highest BCUT2D eigenvalue weighted by Gasteiger charge is 2.07. The van der Waals surface area contributed by atoms with E-state index in [-0.39, 0.29) is 11.5 Å². The summed E-state index contributed by atoms with van der Waals surface area (Å²) >= 11 is 0. The molecule has 2 aromatic rings. The predicted octanol–water partition coefficient (Wildman–Crippen LogP) is 4.47. The largest absolute Gasteiger partial charge is 0.478 e. The van der Waals surface area contributed by atoms with Crippen LogP contribution in [0.2, 0.25) is 0 Å². The van der Waals surface area contributed by atoms with Gasteiger partial charge in [-0.15, -0.1) is 0 Å². The second-order valence-electron chi connectivity index (χ2n) is 5.98. The van der Waals surface area contributed by atoms with Crippen molar-refractivity contribution in [2.45, 2.75) is 26.7 Å². The second-order valence-corrected chi connectivity index (χ2v) is 5.98. The highest BCUT2D eigenvalue weighted by atomic mass is 16.4. The van der Waals surface area contributed by atoms with Gasteiger partial charge in [0.2, 0.25) is 5.91 Å². The number of hydrogen-bond donors (Lipinski definition) is 2. The lowest BCUT2D eigenvalue weighted by Gasteiger charge is -2.07. The van der Waals surface area contributed by atoms with Gasteiger partial charge in [0.15, 0.2) is 0 Å². The van der Waals surface area contributed by atoms with Crippen LogP contribution in [-0.2, 0) is 4.79 Å². The molecule has 0 aliphatic carbocycles. The Balaban J connectivity index is 2.03. The molecule has 0 bridgehead atoms. The van der Waals surface area contributed by atoms with E-state index in [9.17, 15) is 9.59 Å². The van der Waals surface area contributed by atoms with Crippen molar-refractivity contribution >= 4 is 23.6 Å². The highest BCUT2D eigenvalue weighted by molar-refractivity contribution is 6.02. The zero-order chi connectivity index (χ0) is 17.7. The van der Waals surface area contributed by atoms with Crippen LogP contribution in [0.1, 0.15) is 46.8 Å². The number of carboxylic acid groups (broad SMARTS) is 1. The third-order valence-corrected chi connectivity index (χ3v) is 3.76. The van der Waals surface area contributed by atoms with Gasteiger partial charge in [0.25, 0.3) is 0 Å². The first-order chi connectivity index (χ1) is 11.4. The quantitative estimate of drug-likeness (QED) is 0.798. The molecule has 2 N–H and O–H groups in total. The van der Waals surface area contributed by atoms with E-state index in [1.54, 1.807) is 19.1 Å². The fraction of sp³-hybridized carbons (Fsp3) is 0.200. The van der Waals surface area contributed by atoms with Gasteiger partial charge in [0.1, 0.15) is 0 Å². The van der Waals surface area contributed by atoms with E-state index in [1.165, 1.54) is 23.8 Å². The van der Waals surface area contributed by atoms with Crippen molar-refractivity contribution in [1.29, 1.82) is 0 Å². The molecule has 0 atom stereocenters. The van der Waals surface area contributed by atoms with Gasteiger partial charge in [-0.1, -0.05) is 38.1 Å². The van der Waals surface area contributed by atoms with E-state index < -0.39 is 5.97 Å². The number of carbonyl (C=O) groups excluding carboxylic acids is 1. The molecule has 1 amide bonds. The van der Waals surface area contributed by atoms with Crippen LogP contribution in [0.5, 0.6) is 0 Å². The number of amides is 1. The van der Waals surface area contributed by atoms with Crippen molar-refractivity contribution < 1.29 is 14.7 Å². The van der Waals surface area contributed by atoms with Crippen LogP contribution in [0, 0.1) is 6.92 Å². The van der Waals surface area contributed by atoms with Gasteiger partial charge < -0.3 is 10.4 Å². The fourth-order valence-electron chi connectivity index (χ4n) is 2.28. The number of carboxylic acids is 1. The summed E-state index contributed by atoms with van der Waals surface area (Å²) in [4.78, 5) is 22.9. The van der Waals surface area contributed by atoms with Crippen LogP contribution in [0.25, 0.3) is 6.08 Å². The van der Waals surface area contributed by atoms with Gasteiger partial charge in [-0.05, 0) is 53.8 Å². The van der Waals surface area contributed by atoms with Crippen LogP contribution in [0.15, 0.2) is 48.5 Å². The Bertz CT molecular complexity index is 774. The summed E-state index contributed by atoms with van der Waals surface area (Å²) in [7, 11) is 0. The first-order valence-electron chi connectivity index (χ1n) is 7.80. The zero-order valence-electron chi connectivity index (χ0n) is 14.0. The molecule has 0 aromatic heterocycles. The van der Waals surface area contributed by atoms with Gasteiger partial charge in [-0.2, -0.15) is 0 Å². The summed E-state index contributed by atoms with van der Waals surface area (Å²) in [6.45, 7) is 6.03. The molecule has 0 unspecified atom stereocenters. The summed E-state index contributed by atoms with van der Waals surface area (Å²) in [6, 6.07) is 12.7. The number of carbonyl (C=O) groups is 2. The molecule has 24 heavy (non-hydrogen) atoms. The molecule has 0 aliphatic heterocycles. The molecule has 0 heterocycles. The molecule has 4 nitrogen and oxygen atoms in total.